The van der Waals surface area contributed by atoms with Crippen LogP contribution >= 0.6 is 0 Å². The molecule has 2 saturated carbocycles. The lowest BCUT2D eigenvalue weighted by Crippen LogP contribution is -2.43. The number of nitrogens with two attached hydrogens (primary N) is 2. The van der Waals surface area contributed by atoms with Gasteiger partial charge in [-0.2, -0.15) is 0 Å². The van der Waals surface area contributed by atoms with Gasteiger partial charge in [-0.05, 0) is 43.2 Å². The maximum atomic E-state index is 14.1. The van der Waals surface area contributed by atoms with Gasteiger partial charge in [-0.1, -0.05) is 12.1 Å². The van der Waals surface area contributed by atoms with Crippen molar-refractivity contribution in [2.24, 2.45) is 34.4 Å². The summed E-state index contributed by atoms with van der Waals surface area (Å²) in [4.78, 5) is 13.0. The van der Waals surface area contributed by atoms with Crippen molar-refractivity contribution < 1.29 is 22.4 Å². The van der Waals surface area contributed by atoms with Crippen LogP contribution in [-0.2, 0) is 4.79 Å². The fourth-order valence-corrected chi connectivity index (χ4v) is 4.62. The highest BCUT2D eigenvalue weighted by atomic mass is 19.3. The third-order valence-corrected chi connectivity index (χ3v) is 6.19. The number of nitrogens with one attached hydrogen (secondary N) is 2. The van der Waals surface area contributed by atoms with E-state index in [0.717, 1.165) is 0 Å². The minimum atomic E-state index is -2.94. The van der Waals surface area contributed by atoms with Crippen molar-refractivity contribution in [3.63, 3.8) is 0 Å². The van der Waals surface area contributed by atoms with Gasteiger partial charge in [-0.25, -0.2) is 28.9 Å². The molecule has 2 aliphatic rings. The molecule has 0 aromatic heterocycles. The van der Waals surface area contributed by atoms with E-state index in [2.05, 4.69) is 16.0 Å². The average Bonchev–Trinajstić information content (AvgIpc) is 2.68. The first-order valence-electron chi connectivity index (χ1n) is 10.1. The zero-order valence-electron chi connectivity index (χ0n) is 16.5. The van der Waals surface area contributed by atoms with E-state index >= 15 is 0 Å². The molecule has 0 aliphatic heterocycles. The maximum Gasteiger partial charge on any atom is 0.248 e. The molecule has 0 bridgehead atoms. The van der Waals surface area contributed by atoms with Gasteiger partial charge in [0.1, 0.15) is 0 Å². The van der Waals surface area contributed by atoms with Crippen LogP contribution in [0, 0.1) is 17.8 Å². The number of amidine groups is 1. The van der Waals surface area contributed by atoms with E-state index in [4.69, 9.17) is 11.6 Å². The van der Waals surface area contributed by atoms with Gasteiger partial charge in [0, 0.05) is 42.9 Å². The zero-order chi connectivity index (χ0) is 21.9. The molecule has 0 spiro atoms. The molecule has 1 unspecified atom stereocenters. The lowest BCUT2D eigenvalue weighted by molar-refractivity contribution is -0.136. The zero-order valence-corrected chi connectivity index (χ0v) is 16.5. The number of rotatable bonds is 5. The third kappa shape index (κ3) is 5.41. The van der Waals surface area contributed by atoms with Crippen molar-refractivity contribution in [2.45, 2.75) is 56.8 Å². The highest BCUT2D eigenvalue weighted by molar-refractivity contribution is 5.99. The van der Waals surface area contributed by atoms with Gasteiger partial charge < -0.3 is 11.1 Å². The number of carbonyl (C=O) groups is 1. The molecule has 1 aromatic carbocycles. The Kier molecular flexibility index (Phi) is 6.54. The normalized spacial score (nSPS) is 26.8. The van der Waals surface area contributed by atoms with E-state index in [9.17, 15) is 22.4 Å². The molecule has 3 rings (SSSR count). The topological polar surface area (TPSA) is 106 Å². The highest BCUT2D eigenvalue weighted by Gasteiger charge is 2.48. The molecule has 1 amide bonds. The van der Waals surface area contributed by atoms with Crippen LogP contribution in [0.2, 0.25) is 0 Å². The Labute approximate surface area is 172 Å². The number of halogens is 4. The Hall–Kier alpha value is -2.36. The largest absolute Gasteiger partial charge is 0.382 e. The standard InChI is InChI=1S/C20H27F4N5O/c21-19(22)7-4-12(5-8-19)15-6-9-20(23,24)11-16(15)18(30)27-14-3-1-2-13(10-14)17(25)28-29-26/h1-3,10,12,15-16,29H,4-9,11,26H2,(H2,25,28)(H,27,30)/t15?,16-/m1/s1. The van der Waals surface area contributed by atoms with Gasteiger partial charge in [0.05, 0.1) is 0 Å². The predicted molar refractivity (Wildman–Crippen MR) is 106 cm³/mol. The van der Waals surface area contributed by atoms with Crippen molar-refractivity contribution in [2.75, 3.05) is 5.32 Å². The van der Waals surface area contributed by atoms with Crippen LogP contribution in [0.25, 0.3) is 0 Å². The second-order valence-corrected chi connectivity index (χ2v) is 8.26. The number of carbonyl (C=O) groups excluding carboxylic acids is 1. The summed E-state index contributed by atoms with van der Waals surface area (Å²) in [5.74, 6) is -2.39. The van der Waals surface area contributed by atoms with E-state index < -0.39 is 30.1 Å². The van der Waals surface area contributed by atoms with Crippen LogP contribution in [0.15, 0.2) is 29.4 Å². The van der Waals surface area contributed by atoms with Crippen LogP contribution in [-0.4, -0.2) is 23.6 Å². The van der Waals surface area contributed by atoms with Crippen molar-refractivity contribution in [1.29, 1.82) is 0 Å². The molecule has 166 valence electrons. The average molecular weight is 429 g/mol. The predicted octanol–water partition coefficient (Wildman–Crippen LogP) is 3.59. The van der Waals surface area contributed by atoms with Gasteiger partial charge in [-0.15, -0.1) is 5.10 Å². The number of nitrogens with zero attached hydrogens (tertiary/aromatic N) is 1. The lowest BCUT2D eigenvalue weighted by Gasteiger charge is -2.42. The Morgan fingerprint density at radius 2 is 1.73 bits per heavy atom. The Morgan fingerprint density at radius 3 is 2.40 bits per heavy atom. The van der Waals surface area contributed by atoms with E-state index in [0.29, 0.717) is 11.3 Å². The van der Waals surface area contributed by atoms with E-state index in [1.54, 1.807) is 24.3 Å². The number of amides is 1. The van der Waals surface area contributed by atoms with Crippen molar-refractivity contribution in [3.8, 4) is 0 Å². The molecule has 6 nitrogen and oxygen atoms in total. The molecule has 6 N–H and O–H groups in total. The monoisotopic (exact) mass is 429 g/mol. The van der Waals surface area contributed by atoms with E-state index in [1.807, 2.05) is 0 Å². The summed E-state index contributed by atoms with van der Waals surface area (Å²) in [6, 6.07) is 6.47. The summed E-state index contributed by atoms with van der Waals surface area (Å²) >= 11 is 0. The van der Waals surface area contributed by atoms with Gasteiger partial charge in [0.15, 0.2) is 5.84 Å². The van der Waals surface area contributed by atoms with Gasteiger partial charge >= 0.3 is 0 Å². The molecule has 1 aromatic rings. The quantitative estimate of drug-likeness (QED) is 0.189. The number of benzene rings is 1. The molecule has 2 atom stereocenters. The summed E-state index contributed by atoms with van der Waals surface area (Å²) in [6.45, 7) is 0. The Balaban J connectivity index is 1.75. The number of hydrogen-bond donors (Lipinski definition) is 4. The van der Waals surface area contributed by atoms with Crippen molar-refractivity contribution in [3.05, 3.63) is 29.8 Å². The SMILES string of the molecule is NN/N=C(\N)c1cccc(NC(=O)[C@@H]2CC(F)(F)CCC2C2CCC(F)(F)CC2)c1. The maximum absolute atomic E-state index is 14.1. The smallest absolute Gasteiger partial charge is 0.248 e. The molecule has 2 fully saturated rings. The summed E-state index contributed by atoms with van der Waals surface area (Å²) in [5, 5.41) is 6.35. The fourth-order valence-electron chi connectivity index (χ4n) is 4.62. The van der Waals surface area contributed by atoms with E-state index in [1.165, 1.54) is 0 Å². The molecule has 0 heterocycles. The summed E-state index contributed by atoms with van der Waals surface area (Å²) in [5.41, 5.74) is 8.71. The minimum absolute atomic E-state index is 0.0961. The molecular weight excluding hydrogens is 402 g/mol. The molecule has 30 heavy (non-hydrogen) atoms. The number of hydrazine groups is 1. The third-order valence-electron chi connectivity index (χ3n) is 6.19. The molecule has 10 heteroatoms. The lowest BCUT2D eigenvalue weighted by atomic mass is 9.66. The first kappa shape index (κ1) is 22.3. The number of alkyl halides is 4. The second kappa shape index (κ2) is 8.79. The van der Waals surface area contributed by atoms with Crippen molar-refractivity contribution >= 4 is 17.4 Å². The highest BCUT2D eigenvalue weighted by Crippen LogP contribution is 2.49. The summed E-state index contributed by atoms with van der Waals surface area (Å²) < 4.78 is 55.3. The van der Waals surface area contributed by atoms with Crippen LogP contribution in [0.1, 0.15) is 50.5 Å². The van der Waals surface area contributed by atoms with Gasteiger partial charge in [-0.3, -0.25) is 4.79 Å². The van der Waals surface area contributed by atoms with Crippen LogP contribution in [0.5, 0.6) is 0 Å². The fraction of sp³-hybridized carbons (Fsp3) is 0.600. The van der Waals surface area contributed by atoms with Gasteiger partial charge in [0.2, 0.25) is 17.8 Å². The second-order valence-electron chi connectivity index (χ2n) is 8.26. The van der Waals surface area contributed by atoms with Gasteiger partial charge in [0.25, 0.3) is 0 Å². The summed E-state index contributed by atoms with van der Waals surface area (Å²) in [7, 11) is 0. The Morgan fingerprint density at radius 1 is 1.07 bits per heavy atom. The first-order chi connectivity index (χ1) is 14.1. The van der Waals surface area contributed by atoms with E-state index in [-0.39, 0.29) is 56.2 Å². The minimum Gasteiger partial charge on any atom is -0.382 e. The van der Waals surface area contributed by atoms with Crippen LogP contribution in [0.3, 0.4) is 0 Å². The summed E-state index contributed by atoms with van der Waals surface area (Å²) in [6.07, 6.45) is -0.741. The Bertz CT molecular complexity index is 791. The van der Waals surface area contributed by atoms with Crippen molar-refractivity contribution in [1.82, 2.24) is 5.53 Å². The molecule has 0 saturated heterocycles. The molecule has 2 aliphatic carbocycles. The van der Waals surface area contributed by atoms with Crippen LogP contribution < -0.4 is 22.4 Å². The number of hydrogen-bond acceptors (Lipinski definition) is 4. The number of hydrazone groups is 1. The number of anilines is 1. The molecular formula is C20H27F4N5O. The van der Waals surface area contributed by atoms with Crippen LogP contribution in [0.4, 0.5) is 23.2 Å². The molecule has 0 radical (unpaired) electrons. The first-order valence-corrected chi connectivity index (χ1v) is 10.1.